The molecule has 0 atom stereocenters. The predicted octanol–water partition coefficient (Wildman–Crippen LogP) is 3.03. The first-order valence-electron chi connectivity index (χ1n) is 7.39. The molecular weight excluding hydrogens is 322 g/mol. The molecule has 24 heavy (non-hydrogen) atoms. The highest BCUT2D eigenvalue weighted by atomic mass is 32.1. The smallest absolute Gasteiger partial charge is 0.289 e. The monoisotopic (exact) mass is 335 g/mol. The summed E-state index contributed by atoms with van der Waals surface area (Å²) >= 11 is 1.23. The Morgan fingerprint density at radius 3 is 2.46 bits per heavy atom. The Morgan fingerprint density at radius 2 is 1.75 bits per heavy atom. The highest BCUT2D eigenvalue weighted by molar-refractivity contribution is 7.18. The van der Waals surface area contributed by atoms with Crippen molar-refractivity contribution in [2.24, 2.45) is 0 Å². The van der Waals surface area contributed by atoms with E-state index in [4.69, 9.17) is 0 Å². The van der Waals surface area contributed by atoms with Crippen LogP contribution in [0.25, 0.3) is 4.96 Å². The van der Waals surface area contributed by atoms with Gasteiger partial charge in [-0.2, -0.15) is 4.52 Å². The molecule has 4 aromatic rings. The SMILES string of the molecule is O=C(c1nn2cnnc2s1)N(Cc1ccccc1)c1ccccc1. The van der Waals surface area contributed by atoms with Gasteiger partial charge >= 0.3 is 0 Å². The van der Waals surface area contributed by atoms with Crippen LogP contribution < -0.4 is 4.90 Å². The van der Waals surface area contributed by atoms with Crippen molar-refractivity contribution >= 4 is 27.9 Å². The molecule has 0 unspecified atom stereocenters. The molecule has 2 heterocycles. The maximum absolute atomic E-state index is 13.0. The lowest BCUT2D eigenvalue weighted by atomic mass is 10.2. The molecule has 0 aliphatic rings. The molecular formula is C17H13N5OS. The van der Waals surface area contributed by atoms with Crippen molar-refractivity contribution in [3.63, 3.8) is 0 Å². The van der Waals surface area contributed by atoms with Gasteiger partial charge < -0.3 is 4.90 Å². The summed E-state index contributed by atoms with van der Waals surface area (Å²) in [5.74, 6) is -0.152. The van der Waals surface area contributed by atoms with Crippen LogP contribution in [0.2, 0.25) is 0 Å². The fourth-order valence-corrected chi connectivity index (χ4v) is 3.18. The third-order valence-corrected chi connectivity index (χ3v) is 4.47. The number of carbonyl (C=O) groups is 1. The number of benzene rings is 2. The summed E-state index contributed by atoms with van der Waals surface area (Å²) in [5, 5.41) is 12.4. The van der Waals surface area contributed by atoms with Crippen LogP contribution in [0.4, 0.5) is 5.69 Å². The molecule has 118 valence electrons. The van der Waals surface area contributed by atoms with Gasteiger partial charge in [-0.05, 0) is 17.7 Å². The van der Waals surface area contributed by atoms with Crippen LogP contribution in [-0.4, -0.2) is 25.7 Å². The predicted molar refractivity (Wildman–Crippen MR) is 92.1 cm³/mol. The zero-order valence-electron chi connectivity index (χ0n) is 12.6. The van der Waals surface area contributed by atoms with E-state index < -0.39 is 0 Å². The lowest BCUT2D eigenvalue weighted by Crippen LogP contribution is -2.30. The van der Waals surface area contributed by atoms with Crippen LogP contribution in [0.1, 0.15) is 15.4 Å². The summed E-state index contributed by atoms with van der Waals surface area (Å²) in [5.41, 5.74) is 1.88. The molecule has 6 nitrogen and oxygen atoms in total. The molecule has 2 aromatic carbocycles. The first-order chi connectivity index (χ1) is 11.8. The molecule has 0 radical (unpaired) electrons. The van der Waals surface area contributed by atoms with Crippen LogP contribution >= 0.6 is 11.3 Å². The van der Waals surface area contributed by atoms with E-state index in [-0.39, 0.29) is 5.91 Å². The van der Waals surface area contributed by atoms with E-state index >= 15 is 0 Å². The Kier molecular flexibility index (Phi) is 3.76. The van der Waals surface area contributed by atoms with Gasteiger partial charge in [0.25, 0.3) is 5.91 Å². The molecule has 7 heteroatoms. The second-order valence-corrected chi connectivity index (χ2v) is 6.13. The topological polar surface area (TPSA) is 63.4 Å². The highest BCUT2D eigenvalue weighted by Crippen LogP contribution is 2.22. The maximum atomic E-state index is 13.0. The van der Waals surface area contributed by atoms with Crippen molar-refractivity contribution in [1.82, 2.24) is 19.8 Å². The number of carbonyl (C=O) groups excluding carboxylic acids is 1. The third-order valence-electron chi connectivity index (χ3n) is 3.57. The Balaban J connectivity index is 1.71. The quantitative estimate of drug-likeness (QED) is 0.575. The van der Waals surface area contributed by atoms with Crippen LogP contribution in [-0.2, 0) is 6.54 Å². The van der Waals surface area contributed by atoms with Gasteiger partial charge in [-0.3, -0.25) is 4.79 Å². The Morgan fingerprint density at radius 1 is 1.04 bits per heavy atom. The van der Waals surface area contributed by atoms with Crippen LogP contribution in [0.15, 0.2) is 67.0 Å². The van der Waals surface area contributed by atoms with Crippen molar-refractivity contribution in [1.29, 1.82) is 0 Å². The van der Waals surface area contributed by atoms with Gasteiger partial charge in [0.2, 0.25) is 9.97 Å². The second kappa shape index (κ2) is 6.21. The summed E-state index contributed by atoms with van der Waals surface area (Å²) in [6, 6.07) is 19.5. The van der Waals surface area contributed by atoms with Crippen molar-refractivity contribution in [3.05, 3.63) is 77.6 Å². The van der Waals surface area contributed by atoms with Crippen molar-refractivity contribution in [2.75, 3.05) is 4.90 Å². The average molecular weight is 335 g/mol. The summed E-state index contributed by atoms with van der Waals surface area (Å²) in [4.78, 5) is 15.4. The second-order valence-electron chi connectivity index (χ2n) is 5.18. The number of hydrogen-bond acceptors (Lipinski definition) is 5. The van der Waals surface area contributed by atoms with Crippen molar-refractivity contribution in [2.45, 2.75) is 6.54 Å². The summed E-state index contributed by atoms with van der Waals surface area (Å²) in [6.45, 7) is 0.476. The molecule has 0 aliphatic heterocycles. The normalized spacial score (nSPS) is 10.8. The molecule has 0 aliphatic carbocycles. The van der Waals surface area contributed by atoms with Gasteiger partial charge in [-0.15, -0.1) is 15.3 Å². The summed E-state index contributed by atoms with van der Waals surface area (Å²) in [7, 11) is 0. The van der Waals surface area contributed by atoms with Crippen LogP contribution in [0, 0.1) is 0 Å². The molecule has 0 saturated heterocycles. The Labute approximate surface area is 142 Å². The molecule has 0 spiro atoms. The molecule has 0 fully saturated rings. The van der Waals surface area contributed by atoms with E-state index in [9.17, 15) is 4.79 Å². The lowest BCUT2D eigenvalue weighted by molar-refractivity contribution is 0.0983. The minimum absolute atomic E-state index is 0.152. The van der Waals surface area contributed by atoms with E-state index in [2.05, 4.69) is 15.3 Å². The average Bonchev–Trinajstić information content (AvgIpc) is 3.23. The number of fused-ring (bicyclic) bond motifs is 1. The Bertz CT molecular complexity index is 936. The zero-order valence-corrected chi connectivity index (χ0v) is 13.4. The number of rotatable bonds is 4. The number of aromatic nitrogens is 4. The lowest BCUT2D eigenvalue weighted by Gasteiger charge is -2.21. The number of anilines is 1. The molecule has 0 saturated carbocycles. The van der Waals surface area contributed by atoms with Gasteiger partial charge in [0.1, 0.15) is 6.33 Å². The van der Waals surface area contributed by atoms with Crippen LogP contribution in [0.5, 0.6) is 0 Å². The molecule has 1 amide bonds. The van der Waals surface area contributed by atoms with E-state index in [1.165, 1.54) is 22.2 Å². The van der Waals surface area contributed by atoms with E-state index in [0.717, 1.165) is 11.3 Å². The maximum Gasteiger partial charge on any atom is 0.289 e. The van der Waals surface area contributed by atoms with Gasteiger partial charge in [0, 0.05) is 5.69 Å². The zero-order chi connectivity index (χ0) is 16.4. The molecule has 2 aromatic heterocycles. The molecule has 4 rings (SSSR count). The number of hydrogen-bond donors (Lipinski definition) is 0. The fraction of sp³-hybridized carbons (Fsp3) is 0.0588. The van der Waals surface area contributed by atoms with Crippen molar-refractivity contribution < 1.29 is 4.79 Å². The molecule has 0 N–H and O–H groups in total. The van der Waals surface area contributed by atoms with E-state index in [0.29, 0.717) is 16.5 Å². The largest absolute Gasteiger partial charge is 0.302 e. The van der Waals surface area contributed by atoms with Gasteiger partial charge in [-0.1, -0.05) is 59.9 Å². The highest BCUT2D eigenvalue weighted by Gasteiger charge is 2.22. The van der Waals surface area contributed by atoms with Crippen LogP contribution in [0.3, 0.4) is 0 Å². The summed E-state index contributed by atoms with van der Waals surface area (Å²) < 4.78 is 1.52. The summed E-state index contributed by atoms with van der Waals surface area (Å²) in [6.07, 6.45) is 1.49. The van der Waals surface area contributed by atoms with Gasteiger partial charge in [0.15, 0.2) is 0 Å². The minimum atomic E-state index is -0.152. The van der Waals surface area contributed by atoms with Gasteiger partial charge in [-0.25, -0.2) is 0 Å². The number of amides is 1. The van der Waals surface area contributed by atoms with E-state index in [1.807, 2.05) is 60.7 Å². The van der Waals surface area contributed by atoms with Gasteiger partial charge in [0.05, 0.1) is 6.54 Å². The number of nitrogens with zero attached hydrogens (tertiary/aromatic N) is 5. The standard InChI is InChI=1S/C17H13N5OS/c23-16(15-20-22-12-18-19-17(22)24-15)21(14-9-5-2-6-10-14)11-13-7-3-1-4-8-13/h1-10,12H,11H2. The van der Waals surface area contributed by atoms with E-state index in [1.54, 1.807) is 4.90 Å². The fourth-order valence-electron chi connectivity index (χ4n) is 2.42. The van der Waals surface area contributed by atoms with Crippen molar-refractivity contribution in [3.8, 4) is 0 Å². The Hall–Kier alpha value is -3.06. The first-order valence-corrected chi connectivity index (χ1v) is 8.20. The number of para-hydroxylation sites is 1. The minimum Gasteiger partial charge on any atom is -0.302 e. The third kappa shape index (κ3) is 2.77. The first kappa shape index (κ1) is 14.5. The molecule has 0 bridgehead atoms.